The van der Waals surface area contributed by atoms with Gasteiger partial charge in [0.15, 0.2) is 0 Å². The molecule has 5 heteroatoms. The fourth-order valence-electron chi connectivity index (χ4n) is 3.49. The summed E-state index contributed by atoms with van der Waals surface area (Å²) in [6.45, 7) is 2.29. The van der Waals surface area contributed by atoms with Crippen LogP contribution in [0.4, 0.5) is 5.69 Å². The SMILES string of the molecule is COc1ccc(C(=O)Nc2cccc(CNCC3COc4ccccc43)c2)cc1. The molecule has 3 aromatic rings. The third-order valence-corrected chi connectivity index (χ3v) is 5.06. The van der Waals surface area contributed by atoms with Crippen molar-refractivity contribution in [2.75, 3.05) is 25.6 Å². The third-order valence-electron chi connectivity index (χ3n) is 5.06. The van der Waals surface area contributed by atoms with Gasteiger partial charge in [-0.05, 0) is 48.0 Å². The number of methoxy groups -OCH3 is 1. The molecule has 0 saturated heterocycles. The maximum atomic E-state index is 12.4. The Bertz CT molecular complexity index is 985. The maximum Gasteiger partial charge on any atom is 0.255 e. The topological polar surface area (TPSA) is 59.6 Å². The molecule has 148 valence electrons. The summed E-state index contributed by atoms with van der Waals surface area (Å²) in [5.41, 5.74) is 3.75. The predicted octanol–water partition coefficient (Wildman–Crippen LogP) is 4.21. The van der Waals surface area contributed by atoms with Crippen molar-refractivity contribution in [2.45, 2.75) is 12.5 Å². The van der Waals surface area contributed by atoms with Crippen LogP contribution in [0, 0.1) is 0 Å². The minimum atomic E-state index is -0.141. The molecule has 0 radical (unpaired) electrons. The average Bonchev–Trinajstić information content (AvgIpc) is 3.17. The Kier molecular flexibility index (Phi) is 5.77. The number of carbonyl (C=O) groups is 1. The van der Waals surface area contributed by atoms with Crippen molar-refractivity contribution in [2.24, 2.45) is 0 Å². The molecular weight excluding hydrogens is 364 g/mol. The monoisotopic (exact) mass is 388 g/mol. The van der Waals surface area contributed by atoms with Gasteiger partial charge in [0.25, 0.3) is 5.91 Å². The first-order valence-corrected chi connectivity index (χ1v) is 9.70. The minimum Gasteiger partial charge on any atom is -0.497 e. The zero-order chi connectivity index (χ0) is 20.1. The molecule has 4 rings (SSSR count). The lowest BCUT2D eigenvalue weighted by molar-refractivity contribution is 0.102. The van der Waals surface area contributed by atoms with Gasteiger partial charge >= 0.3 is 0 Å². The van der Waals surface area contributed by atoms with Crippen LogP contribution in [-0.2, 0) is 6.54 Å². The first-order valence-electron chi connectivity index (χ1n) is 9.70. The molecule has 0 aromatic heterocycles. The van der Waals surface area contributed by atoms with E-state index in [1.54, 1.807) is 31.4 Å². The molecular formula is C24H24N2O3. The quantitative estimate of drug-likeness (QED) is 0.636. The second-order valence-electron chi connectivity index (χ2n) is 7.06. The van der Waals surface area contributed by atoms with Crippen LogP contribution in [0.15, 0.2) is 72.8 Å². The van der Waals surface area contributed by atoms with Crippen LogP contribution in [0.25, 0.3) is 0 Å². The Morgan fingerprint density at radius 2 is 1.90 bits per heavy atom. The van der Waals surface area contributed by atoms with Gasteiger partial charge in [0.05, 0.1) is 13.7 Å². The highest BCUT2D eigenvalue weighted by Crippen LogP contribution is 2.32. The number of carbonyl (C=O) groups excluding carboxylic acids is 1. The minimum absolute atomic E-state index is 0.141. The molecule has 0 saturated carbocycles. The molecule has 5 nitrogen and oxygen atoms in total. The van der Waals surface area contributed by atoms with E-state index >= 15 is 0 Å². The molecule has 0 spiro atoms. The van der Waals surface area contributed by atoms with Crippen molar-refractivity contribution in [1.82, 2.24) is 5.32 Å². The molecule has 1 atom stereocenters. The number of nitrogens with one attached hydrogen (secondary N) is 2. The van der Waals surface area contributed by atoms with Crippen LogP contribution >= 0.6 is 0 Å². The Morgan fingerprint density at radius 1 is 1.07 bits per heavy atom. The molecule has 0 fully saturated rings. The molecule has 1 amide bonds. The van der Waals surface area contributed by atoms with Crippen LogP contribution < -0.4 is 20.1 Å². The van der Waals surface area contributed by atoms with E-state index in [1.165, 1.54) is 5.56 Å². The molecule has 1 aliphatic heterocycles. The fourth-order valence-corrected chi connectivity index (χ4v) is 3.49. The van der Waals surface area contributed by atoms with Crippen molar-refractivity contribution < 1.29 is 14.3 Å². The summed E-state index contributed by atoms with van der Waals surface area (Å²) < 4.78 is 10.9. The highest BCUT2D eigenvalue weighted by atomic mass is 16.5. The number of anilines is 1. The normalized spacial score (nSPS) is 14.7. The van der Waals surface area contributed by atoms with Crippen molar-refractivity contribution in [3.05, 3.63) is 89.5 Å². The van der Waals surface area contributed by atoms with Crippen LogP contribution in [0.2, 0.25) is 0 Å². The number of benzene rings is 3. The molecule has 0 aliphatic carbocycles. The first kappa shape index (κ1) is 19.0. The third kappa shape index (κ3) is 4.58. The van der Waals surface area contributed by atoms with Crippen molar-refractivity contribution in [3.8, 4) is 11.5 Å². The summed E-state index contributed by atoms with van der Waals surface area (Å²) in [5, 5.41) is 6.46. The van der Waals surface area contributed by atoms with Crippen molar-refractivity contribution in [3.63, 3.8) is 0 Å². The van der Waals surface area contributed by atoms with Gasteiger partial charge in [-0.15, -0.1) is 0 Å². The van der Waals surface area contributed by atoms with E-state index in [-0.39, 0.29) is 5.91 Å². The lowest BCUT2D eigenvalue weighted by Crippen LogP contribution is -2.22. The molecule has 0 bridgehead atoms. The van der Waals surface area contributed by atoms with E-state index in [0.717, 1.165) is 35.8 Å². The Hall–Kier alpha value is -3.31. The number of rotatable bonds is 7. The lowest BCUT2D eigenvalue weighted by Gasteiger charge is -2.12. The van der Waals surface area contributed by atoms with Gasteiger partial charge in [-0.3, -0.25) is 4.79 Å². The highest BCUT2D eigenvalue weighted by Gasteiger charge is 2.22. The highest BCUT2D eigenvalue weighted by molar-refractivity contribution is 6.04. The van der Waals surface area contributed by atoms with Gasteiger partial charge in [0.1, 0.15) is 11.5 Å². The van der Waals surface area contributed by atoms with E-state index in [0.29, 0.717) is 18.1 Å². The van der Waals surface area contributed by atoms with Crippen LogP contribution in [-0.4, -0.2) is 26.2 Å². The molecule has 2 N–H and O–H groups in total. The van der Waals surface area contributed by atoms with Gasteiger partial charge in [0.2, 0.25) is 0 Å². The number of hydrogen-bond acceptors (Lipinski definition) is 4. The summed E-state index contributed by atoms with van der Waals surface area (Å²) in [5.74, 6) is 1.94. The number of para-hydroxylation sites is 1. The summed E-state index contributed by atoms with van der Waals surface area (Å²) >= 11 is 0. The van der Waals surface area contributed by atoms with Gasteiger partial charge in [-0.1, -0.05) is 30.3 Å². The number of fused-ring (bicyclic) bond motifs is 1. The molecule has 1 aliphatic rings. The maximum absolute atomic E-state index is 12.4. The van der Waals surface area contributed by atoms with Crippen molar-refractivity contribution in [1.29, 1.82) is 0 Å². The molecule has 1 unspecified atom stereocenters. The van der Waals surface area contributed by atoms with E-state index in [4.69, 9.17) is 9.47 Å². The predicted molar refractivity (Wildman–Crippen MR) is 114 cm³/mol. The Morgan fingerprint density at radius 3 is 2.72 bits per heavy atom. The number of ether oxygens (including phenoxy) is 2. The summed E-state index contributed by atoms with van der Waals surface area (Å²) in [6, 6.07) is 23.1. The average molecular weight is 388 g/mol. The summed E-state index contributed by atoms with van der Waals surface area (Å²) in [6.07, 6.45) is 0. The zero-order valence-electron chi connectivity index (χ0n) is 16.4. The van der Waals surface area contributed by atoms with Crippen LogP contribution in [0.3, 0.4) is 0 Å². The Balaban J connectivity index is 1.32. The van der Waals surface area contributed by atoms with E-state index in [1.807, 2.05) is 30.3 Å². The van der Waals surface area contributed by atoms with Gasteiger partial charge < -0.3 is 20.1 Å². The molecule has 1 heterocycles. The summed E-state index contributed by atoms with van der Waals surface area (Å²) in [7, 11) is 1.60. The summed E-state index contributed by atoms with van der Waals surface area (Å²) in [4.78, 5) is 12.4. The number of hydrogen-bond donors (Lipinski definition) is 2. The van der Waals surface area contributed by atoms with Gasteiger partial charge in [-0.2, -0.15) is 0 Å². The second-order valence-corrected chi connectivity index (χ2v) is 7.06. The molecule has 3 aromatic carbocycles. The Labute approximate surface area is 170 Å². The largest absolute Gasteiger partial charge is 0.497 e. The second kappa shape index (κ2) is 8.80. The van der Waals surface area contributed by atoms with E-state index < -0.39 is 0 Å². The smallest absolute Gasteiger partial charge is 0.255 e. The van der Waals surface area contributed by atoms with Crippen LogP contribution in [0.5, 0.6) is 11.5 Å². The van der Waals surface area contributed by atoms with E-state index in [9.17, 15) is 4.79 Å². The van der Waals surface area contributed by atoms with Gasteiger partial charge in [-0.25, -0.2) is 0 Å². The standard InChI is InChI=1S/C24H24N2O3/c1-28-21-11-9-18(10-12-21)24(27)26-20-6-4-5-17(13-20)14-25-15-19-16-29-23-8-3-2-7-22(19)23/h2-13,19,25H,14-16H2,1H3,(H,26,27). The van der Waals surface area contributed by atoms with Gasteiger partial charge in [0, 0.05) is 35.8 Å². The zero-order valence-corrected chi connectivity index (χ0v) is 16.4. The van der Waals surface area contributed by atoms with Crippen LogP contribution in [0.1, 0.15) is 27.4 Å². The lowest BCUT2D eigenvalue weighted by atomic mass is 10.0. The fraction of sp³-hybridized carbons (Fsp3) is 0.208. The molecule has 29 heavy (non-hydrogen) atoms. The van der Waals surface area contributed by atoms with E-state index in [2.05, 4.69) is 28.8 Å². The number of amides is 1. The first-order chi connectivity index (χ1) is 14.2. The van der Waals surface area contributed by atoms with Crippen molar-refractivity contribution >= 4 is 11.6 Å².